The molecule has 2 rings (SSSR count). The molecule has 2 heterocycles. The normalized spacial score (nSPS) is 16.5. The molecule has 0 aromatic carbocycles. The van der Waals surface area contributed by atoms with E-state index in [1.165, 1.54) is 0 Å². The van der Waals surface area contributed by atoms with Crippen molar-refractivity contribution in [2.24, 2.45) is 5.92 Å². The van der Waals surface area contributed by atoms with E-state index in [-0.39, 0.29) is 23.3 Å². The molecule has 1 saturated heterocycles. The summed E-state index contributed by atoms with van der Waals surface area (Å²) in [6, 6.07) is 0. The van der Waals surface area contributed by atoms with E-state index >= 15 is 0 Å². The maximum absolute atomic E-state index is 12.2. The molecule has 1 aliphatic rings. The first-order chi connectivity index (χ1) is 12.0. The lowest BCUT2D eigenvalue weighted by Gasteiger charge is -2.33. The third kappa shape index (κ3) is 5.71. The van der Waals surface area contributed by atoms with Crippen LogP contribution in [0.5, 0.6) is 0 Å². The molecular formula is C18H30N4O4. The van der Waals surface area contributed by atoms with E-state index in [2.05, 4.69) is 15.5 Å². The Morgan fingerprint density at radius 2 is 1.81 bits per heavy atom. The lowest BCUT2D eigenvalue weighted by atomic mass is 9.96. The highest BCUT2D eigenvalue weighted by atomic mass is 16.6. The van der Waals surface area contributed by atoms with Crippen LogP contribution in [-0.4, -0.2) is 52.3 Å². The summed E-state index contributed by atoms with van der Waals surface area (Å²) in [6.45, 7) is 13.2. The molecule has 1 aliphatic heterocycles. The Labute approximate surface area is 154 Å². The molecule has 1 N–H and O–H groups in total. The molecule has 2 amide bonds. The van der Waals surface area contributed by atoms with Crippen molar-refractivity contribution < 1.29 is 18.8 Å². The fourth-order valence-electron chi connectivity index (χ4n) is 2.58. The summed E-state index contributed by atoms with van der Waals surface area (Å²) in [5, 5.41) is 6.70. The van der Waals surface area contributed by atoms with E-state index < -0.39 is 5.60 Å². The minimum Gasteiger partial charge on any atom is -0.444 e. The minimum atomic E-state index is -0.488. The monoisotopic (exact) mass is 366 g/mol. The quantitative estimate of drug-likeness (QED) is 0.883. The van der Waals surface area contributed by atoms with E-state index in [9.17, 15) is 9.59 Å². The second-order valence-electron chi connectivity index (χ2n) is 8.79. The van der Waals surface area contributed by atoms with Gasteiger partial charge >= 0.3 is 17.9 Å². The van der Waals surface area contributed by atoms with Crippen LogP contribution in [0.2, 0.25) is 0 Å². The van der Waals surface area contributed by atoms with Crippen molar-refractivity contribution in [2.45, 2.75) is 65.4 Å². The van der Waals surface area contributed by atoms with Gasteiger partial charge in [-0.25, -0.2) is 4.79 Å². The molecule has 1 fully saturated rings. The first-order valence-corrected chi connectivity index (χ1v) is 9.06. The van der Waals surface area contributed by atoms with Crippen LogP contribution in [-0.2, 0) is 10.2 Å². The van der Waals surface area contributed by atoms with Gasteiger partial charge in [-0.05, 0) is 39.5 Å². The number of carbonyl (C=O) groups is 2. The molecule has 0 atom stereocenters. The smallest absolute Gasteiger partial charge is 0.410 e. The Hall–Kier alpha value is -2.12. The van der Waals surface area contributed by atoms with Gasteiger partial charge < -0.3 is 19.5 Å². The summed E-state index contributed by atoms with van der Waals surface area (Å²) in [6.07, 6.45) is 1.35. The highest BCUT2D eigenvalue weighted by molar-refractivity contribution is 5.89. The molecule has 0 saturated carbocycles. The van der Waals surface area contributed by atoms with E-state index in [4.69, 9.17) is 9.26 Å². The Balaban J connectivity index is 1.77. The van der Waals surface area contributed by atoms with Crippen LogP contribution < -0.4 is 5.32 Å². The van der Waals surface area contributed by atoms with Crippen LogP contribution >= 0.6 is 0 Å². The lowest BCUT2D eigenvalue weighted by Crippen LogP contribution is -2.43. The van der Waals surface area contributed by atoms with Gasteiger partial charge in [0.15, 0.2) is 5.82 Å². The summed E-state index contributed by atoms with van der Waals surface area (Å²) >= 11 is 0. The van der Waals surface area contributed by atoms with E-state index in [1.54, 1.807) is 4.90 Å². The maximum Gasteiger partial charge on any atom is 0.410 e. The van der Waals surface area contributed by atoms with Crippen molar-refractivity contribution in [3.8, 4) is 0 Å². The number of ether oxygens (including phenoxy) is 1. The van der Waals surface area contributed by atoms with Gasteiger partial charge in [0.25, 0.3) is 0 Å². The zero-order valence-corrected chi connectivity index (χ0v) is 16.6. The van der Waals surface area contributed by atoms with Crippen molar-refractivity contribution in [3.05, 3.63) is 11.7 Å². The average molecular weight is 366 g/mol. The number of nitrogens with one attached hydrogen (secondary N) is 1. The lowest BCUT2D eigenvalue weighted by molar-refractivity contribution is 0.0183. The third-order valence-corrected chi connectivity index (χ3v) is 4.11. The van der Waals surface area contributed by atoms with Gasteiger partial charge in [0.1, 0.15) is 5.60 Å². The van der Waals surface area contributed by atoms with Crippen LogP contribution in [0.15, 0.2) is 4.52 Å². The largest absolute Gasteiger partial charge is 0.444 e. The van der Waals surface area contributed by atoms with Gasteiger partial charge in [0.2, 0.25) is 0 Å². The summed E-state index contributed by atoms with van der Waals surface area (Å²) in [7, 11) is 0. The SMILES string of the molecule is CC(C)(C)OC(=O)N1CCC(CNC(=O)c2nc(C(C)(C)C)no2)CC1. The first kappa shape index (κ1) is 20.2. The number of hydrogen-bond acceptors (Lipinski definition) is 6. The summed E-state index contributed by atoms with van der Waals surface area (Å²) in [5.74, 6) is 0.444. The number of amides is 2. The van der Waals surface area contributed by atoms with Gasteiger partial charge in [0.05, 0.1) is 0 Å². The van der Waals surface area contributed by atoms with Gasteiger partial charge in [-0.1, -0.05) is 25.9 Å². The van der Waals surface area contributed by atoms with Crippen LogP contribution in [0.25, 0.3) is 0 Å². The van der Waals surface area contributed by atoms with Gasteiger partial charge in [0, 0.05) is 25.0 Å². The molecule has 1 aromatic rings. The molecule has 0 spiro atoms. The molecular weight excluding hydrogens is 336 g/mol. The number of aromatic nitrogens is 2. The Morgan fingerprint density at radius 3 is 2.31 bits per heavy atom. The fourth-order valence-corrected chi connectivity index (χ4v) is 2.58. The van der Waals surface area contributed by atoms with Crippen molar-refractivity contribution in [1.29, 1.82) is 0 Å². The molecule has 0 bridgehead atoms. The number of carbonyl (C=O) groups excluding carboxylic acids is 2. The Kier molecular flexibility index (Phi) is 5.93. The highest BCUT2D eigenvalue weighted by Gasteiger charge is 2.28. The molecule has 26 heavy (non-hydrogen) atoms. The van der Waals surface area contributed by atoms with E-state index in [0.29, 0.717) is 31.4 Å². The molecule has 8 nitrogen and oxygen atoms in total. The predicted molar refractivity (Wildman–Crippen MR) is 95.9 cm³/mol. The summed E-state index contributed by atoms with van der Waals surface area (Å²) in [5.41, 5.74) is -0.756. The fraction of sp³-hybridized carbons (Fsp3) is 0.778. The second kappa shape index (κ2) is 7.63. The molecule has 0 unspecified atom stereocenters. The molecule has 146 valence electrons. The van der Waals surface area contributed by atoms with Crippen molar-refractivity contribution in [2.75, 3.05) is 19.6 Å². The van der Waals surface area contributed by atoms with Gasteiger partial charge in [-0.3, -0.25) is 4.79 Å². The third-order valence-electron chi connectivity index (χ3n) is 4.11. The standard InChI is InChI=1S/C18H30N4O4/c1-17(2,3)15-20-14(26-21-15)13(23)19-11-12-7-9-22(10-8-12)16(24)25-18(4,5)6/h12H,7-11H2,1-6H3,(H,19,23). The van der Waals surface area contributed by atoms with Crippen molar-refractivity contribution in [1.82, 2.24) is 20.4 Å². The van der Waals surface area contributed by atoms with Crippen LogP contribution in [0, 0.1) is 5.92 Å². The molecule has 8 heteroatoms. The number of hydrogen-bond donors (Lipinski definition) is 1. The van der Waals surface area contributed by atoms with E-state index in [0.717, 1.165) is 12.8 Å². The second-order valence-corrected chi connectivity index (χ2v) is 8.79. The first-order valence-electron chi connectivity index (χ1n) is 9.06. The Bertz CT molecular complexity index is 634. The van der Waals surface area contributed by atoms with Crippen LogP contribution in [0.1, 0.15) is 70.9 Å². The number of nitrogens with zero attached hydrogens (tertiary/aromatic N) is 3. The zero-order chi connectivity index (χ0) is 19.5. The number of likely N-dealkylation sites (tertiary alicyclic amines) is 1. The summed E-state index contributed by atoms with van der Waals surface area (Å²) in [4.78, 5) is 30.1. The minimum absolute atomic E-state index is 0.0129. The Morgan fingerprint density at radius 1 is 1.19 bits per heavy atom. The molecule has 1 aromatic heterocycles. The number of rotatable bonds is 3. The molecule has 0 radical (unpaired) electrons. The van der Waals surface area contributed by atoms with Crippen LogP contribution in [0.3, 0.4) is 0 Å². The molecule has 0 aliphatic carbocycles. The zero-order valence-electron chi connectivity index (χ0n) is 16.6. The number of piperidine rings is 1. The highest BCUT2D eigenvalue weighted by Crippen LogP contribution is 2.20. The maximum atomic E-state index is 12.2. The average Bonchev–Trinajstić information content (AvgIpc) is 3.01. The van der Waals surface area contributed by atoms with Crippen molar-refractivity contribution >= 4 is 12.0 Å². The topological polar surface area (TPSA) is 97.6 Å². The summed E-state index contributed by atoms with van der Waals surface area (Å²) < 4.78 is 10.4. The van der Waals surface area contributed by atoms with E-state index in [1.807, 2.05) is 41.5 Å². The predicted octanol–water partition coefficient (Wildman–Crippen LogP) is 2.74. The van der Waals surface area contributed by atoms with Crippen LogP contribution in [0.4, 0.5) is 4.79 Å². The van der Waals surface area contributed by atoms with Gasteiger partial charge in [-0.2, -0.15) is 4.98 Å². The van der Waals surface area contributed by atoms with Crippen molar-refractivity contribution in [3.63, 3.8) is 0 Å². The van der Waals surface area contributed by atoms with Gasteiger partial charge in [-0.15, -0.1) is 0 Å².